The zero-order chi connectivity index (χ0) is 13.5. The molecule has 1 unspecified atom stereocenters. The zero-order valence-corrected chi connectivity index (χ0v) is 11.0. The average Bonchev–Trinajstić information content (AvgIpc) is 2.38. The van der Waals surface area contributed by atoms with Crippen molar-refractivity contribution in [3.8, 4) is 11.8 Å². The highest BCUT2D eigenvalue weighted by Gasteiger charge is 2.20. The van der Waals surface area contributed by atoms with Crippen LogP contribution in [0.1, 0.15) is 30.6 Å². The Morgan fingerprint density at radius 2 is 2.17 bits per heavy atom. The predicted octanol–water partition coefficient (Wildman–Crippen LogP) is 2.46. The fourth-order valence-corrected chi connectivity index (χ4v) is 1.58. The van der Waals surface area contributed by atoms with Crippen molar-refractivity contribution in [3.05, 3.63) is 29.8 Å². The van der Waals surface area contributed by atoms with Crippen LogP contribution < -0.4 is 4.74 Å². The van der Waals surface area contributed by atoms with E-state index >= 15 is 0 Å². The molecule has 1 atom stereocenters. The Kier molecular flexibility index (Phi) is 5.19. The quantitative estimate of drug-likeness (QED) is 0.802. The predicted molar refractivity (Wildman–Crippen MR) is 69.4 cm³/mol. The second kappa shape index (κ2) is 6.65. The second-order valence-corrected chi connectivity index (χ2v) is 4.06. The lowest BCUT2D eigenvalue weighted by Gasteiger charge is -2.23. The van der Waals surface area contributed by atoms with Crippen molar-refractivity contribution >= 4 is 5.91 Å². The molecule has 0 saturated carbocycles. The van der Waals surface area contributed by atoms with Crippen molar-refractivity contribution in [2.24, 2.45) is 0 Å². The average molecular weight is 246 g/mol. The summed E-state index contributed by atoms with van der Waals surface area (Å²) in [5.41, 5.74) is 0.534. The van der Waals surface area contributed by atoms with E-state index in [1.54, 1.807) is 30.1 Å². The molecule has 0 bridgehead atoms. The van der Waals surface area contributed by atoms with Crippen LogP contribution in [0.2, 0.25) is 0 Å². The Morgan fingerprint density at radius 1 is 1.50 bits per heavy atom. The first-order valence-corrected chi connectivity index (χ1v) is 5.97. The van der Waals surface area contributed by atoms with Crippen LogP contribution in [-0.2, 0) is 0 Å². The van der Waals surface area contributed by atoms with Gasteiger partial charge in [0.05, 0.1) is 24.7 Å². The minimum Gasteiger partial charge on any atom is -0.493 e. The smallest absolute Gasteiger partial charge is 0.257 e. The van der Waals surface area contributed by atoms with Gasteiger partial charge in [-0.1, -0.05) is 12.1 Å². The number of para-hydroxylation sites is 1. The molecule has 0 aliphatic carbocycles. The molecule has 4 nitrogen and oxygen atoms in total. The standard InChI is InChI=1S/C14H18N2O2/c1-4-18-13-8-6-5-7-12(13)14(17)16(3)11(2)9-10-15/h5-8,11H,4,9H2,1-3H3. The van der Waals surface area contributed by atoms with E-state index in [0.717, 1.165) is 0 Å². The summed E-state index contributed by atoms with van der Waals surface area (Å²) < 4.78 is 5.44. The summed E-state index contributed by atoms with van der Waals surface area (Å²) in [5, 5.41) is 8.66. The third kappa shape index (κ3) is 3.24. The highest BCUT2D eigenvalue weighted by Crippen LogP contribution is 2.20. The molecule has 1 rings (SSSR count). The SMILES string of the molecule is CCOc1ccccc1C(=O)N(C)C(C)CC#N. The number of ether oxygens (including phenoxy) is 1. The first-order chi connectivity index (χ1) is 8.61. The van der Waals surface area contributed by atoms with E-state index in [0.29, 0.717) is 24.3 Å². The zero-order valence-electron chi connectivity index (χ0n) is 11.0. The van der Waals surface area contributed by atoms with Gasteiger partial charge >= 0.3 is 0 Å². The molecule has 96 valence electrons. The van der Waals surface area contributed by atoms with Crippen molar-refractivity contribution < 1.29 is 9.53 Å². The summed E-state index contributed by atoms with van der Waals surface area (Å²) in [6.07, 6.45) is 0.318. The number of benzene rings is 1. The maximum atomic E-state index is 12.3. The van der Waals surface area contributed by atoms with Crippen molar-refractivity contribution in [3.63, 3.8) is 0 Å². The van der Waals surface area contributed by atoms with Gasteiger partial charge in [0.25, 0.3) is 5.91 Å². The van der Waals surface area contributed by atoms with E-state index in [9.17, 15) is 4.79 Å². The van der Waals surface area contributed by atoms with Crippen molar-refractivity contribution in [2.45, 2.75) is 26.3 Å². The number of carbonyl (C=O) groups is 1. The maximum absolute atomic E-state index is 12.3. The van der Waals surface area contributed by atoms with Crippen LogP contribution in [0, 0.1) is 11.3 Å². The van der Waals surface area contributed by atoms with E-state index in [1.165, 1.54) is 0 Å². The van der Waals surface area contributed by atoms with E-state index in [2.05, 4.69) is 6.07 Å². The lowest BCUT2D eigenvalue weighted by atomic mass is 10.1. The van der Waals surface area contributed by atoms with Gasteiger partial charge in [0.15, 0.2) is 0 Å². The van der Waals surface area contributed by atoms with E-state index < -0.39 is 0 Å². The molecule has 0 radical (unpaired) electrons. The summed E-state index contributed by atoms with van der Waals surface area (Å²) in [4.78, 5) is 13.9. The van der Waals surface area contributed by atoms with Gasteiger partial charge in [0.2, 0.25) is 0 Å². The van der Waals surface area contributed by atoms with E-state index in [4.69, 9.17) is 10.00 Å². The van der Waals surface area contributed by atoms with Gasteiger partial charge in [-0.2, -0.15) is 5.26 Å². The fourth-order valence-electron chi connectivity index (χ4n) is 1.58. The van der Waals surface area contributed by atoms with Gasteiger partial charge in [0.1, 0.15) is 5.75 Å². The topological polar surface area (TPSA) is 53.3 Å². The lowest BCUT2D eigenvalue weighted by molar-refractivity contribution is 0.0742. The van der Waals surface area contributed by atoms with Crippen LogP contribution in [0.25, 0.3) is 0 Å². The summed E-state index contributed by atoms with van der Waals surface area (Å²) in [6.45, 7) is 4.25. The Balaban J connectivity index is 2.93. The molecule has 0 fully saturated rings. The first-order valence-electron chi connectivity index (χ1n) is 5.97. The third-order valence-electron chi connectivity index (χ3n) is 2.79. The summed E-state index contributed by atoms with van der Waals surface area (Å²) >= 11 is 0. The number of carbonyl (C=O) groups excluding carboxylic acids is 1. The van der Waals surface area contributed by atoms with E-state index in [1.807, 2.05) is 19.9 Å². The molecule has 0 heterocycles. The normalized spacial score (nSPS) is 11.4. The second-order valence-electron chi connectivity index (χ2n) is 4.06. The molecule has 4 heteroatoms. The summed E-state index contributed by atoms with van der Waals surface area (Å²) in [5.74, 6) is 0.461. The molecule has 1 aromatic rings. The molecular formula is C14H18N2O2. The van der Waals surface area contributed by atoms with E-state index in [-0.39, 0.29) is 11.9 Å². The molecule has 0 aromatic heterocycles. The van der Waals surface area contributed by atoms with Crippen LogP contribution in [0.3, 0.4) is 0 Å². The number of nitrogens with zero attached hydrogens (tertiary/aromatic N) is 2. The third-order valence-corrected chi connectivity index (χ3v) is 2.79. The highest BCUT2D eigenvalue weighted by molar-refractivity contribution is 5.96. The van der Waals surface area contributed by atoms with Crippen LogP contribution >= 0.6 is 0 Å². The Hall–Kier alpha value is -2.02. The largest absolute Gasteiger partial charge is 0.493 e. The summed E-state index contributed by atoms with van der Waals surface area (Å²) in [7, 11) is 1.70. The molecule has 0 aliphatic heterocycles. The Bertz CT molecular complexity index is 451. The fraction of sp³-hybridized carbons (Fsp3) is 0.429. The Morgan fingerprint density at radius 3 is 2.78 bits per heavy atom. The lowest BCUT2D eigenvalue weighted by Crippen LogP contribution is -2.35. The number of hydrogen-bond donors (Lipinski definition) is 0. The van der Waals surface area contributed by atoms with Crippen LogP contribution in [0.5, 0.6) is 5.75 Å². The van der Waals surface area contributed by atoms with Crippen LogP contribution in [0.4, 0.5) is 0 Å². The Labute approximate surface area is 108 Å². The van der Waals surface area contributed by atoms with Crippen LogP contribution in [-0.4, -0.2) is 30.5 Å². The van der Waals surface area contributed by atoms with Crippen LogP contribution in [0.15, 0.2) is 24.3 Å². The molecule has 0 saturated heterocycles. The molecule has 0 spiro atoms. The van der Waals surface area contributed by atoms with Gasteiger partial charge < -0.3 is 9.64 Å². The first kappa shape index (κ1) is 14.0. The highest BCUT2D eigenvalue weighted by atomic mass is 16.5. The van der Waals surface area contributed by atoms with Gasteiger partial charge in [-0.05, 0) is 26.0 Å². The minimum absolute atomic E-state index is 0.114. The minimum atomic E-state index is -0.123. The van der Waals surface area contributed by atoms with Gasteiger partial charge in [-0.15, -0.1) is 0 Å². The number of amides is 1. The molecule has 1 aromatic carbocycles. The molecule has 18 heavy (non-hydrogen) atoms. The number of nitriles is 1. The van der Waals surface area contributed by atoms with Crippen molar-refractivity contribution in [1.82, 2.24) is 4.90 Å². The van der Waals surface area contributed by atoms with Gasteiger partial charge in [0, 0.05) is 13.1 Å². The molecule has 1 amide bonds. The monoisotopic (exact) mass is 246 g/mol. The van der Waals surface area contributed by atoms with Gasteiger partial charge in [-0.25, -0.2) is 0 Å². The maximum Gasteiger partial charge on any atom is 0.257 e. The summed E-state index contributed by atoms with van der Waals surface area (Å²) in [6, 6.07) is 9.11. The number of rotatable bonds is 5. The van der Waals surface area contributed by atoms with Gasteiger partial charge in [-0.3, -0.25) is 4.79 Å². The number of hydrogen-bond acceptors (Lipinski definition) is 3. The van der Waals surface area contributed by atoms with Crippen molar-refractivity contribution in [1.29, 1.82) is 5.26 Å². The molecular weight excluding hydrogens is 228 g/mol. The molecule has 0 N–H and O–H groups in total. The van der Waals surface area contributed by atoms with Crippen molar-refractivity contribution in [2.75, 3.05) is 13.7 Å². The molecule has 0 aliphatic rings.